The molecule has 1 aromatic carbocycles. The van der Waals surface area contributed by atoms with E-state index in [1.54, 1.807) is 0 Å². The highest BCUT2D eigenvalue weighted by atomic mass is 16.5. The van der Waals surface area contributed by atoms with E-state index < -0.39 is 0 Å². The summed E-state index contributed by atoms with van der Waals surface area (Å²) in [6.07, 6.45) is 6.75. The number of hydrogen-bond acceptors (Lipinski definition) is 3. The zero-order chi connectivity index (χ0) is 13.8. The van der Waals surface area contributed by atoms with Crippen LogP contribution < -0.4 is 10.1 Å². The maximum atomic E-state index is 8.72. The maximum Gasteiger partial charge on any atom is 0.121 e. The van der Waals surface area contributed by atoms with E-state index >= 15 is 0 Å². The van der Waals surface area contributed by atoms with Crippen molar-refractivity contribution in [3.63, 3.8) is 0 Å². The molecule has 0 unspecified atom stereocenters. The largest absolute Gasteiger partial charge is 0.494 e. The van der Waals surface area contributed by atoms with Gasteiger partial charge < -0.3 is 15.2 Å². The second-order valence-electron chi connectivity index (χ2n) is 4.79. The fraction of sp³-hybridized carbons (Fsp3) is 0.625. The van der Waals surface area contributed by atoms with Crippen LogP contribution in [0.25, 0.3) is 0 Å². The molecule has 0 aliphatic rings. The average molecular weight is 265 g/mol. The molecule has 2 N–H and O–H groups in total. The van der Waals surface area contributed by atoms with Crippen LogP contribution in [0.4, 0.5) is 5.69 Å². The van der Waals surface area contributed by atoms with Crippen LogP contribution in [0.1, 0.15) is 45.4 Å². The van der Waals surface area contributed by atoms with Crippen molar-refractivity contribution in [2.24, 2.45) is 0 Å². The van der Waals surface area contributed by atoms with Gasteiger partial charge in [-0.25, -0.2) is 0 Å². The summed E-state index contributed by atoms with van der Waals surface area (Å²) in [7, 11) is 0. The summed E-state index contributed by atoms with van der Waals surface area (Å²) in [5, 5.41) is 12.1. The Hall–Kier alpha value is -1.22. The number of aliphatic hydroxyl groups excluding tert-OH is 1. The fourth-order valence-corrected chi connectivity index (χ4v) is 1.88. The minimum atomic E-state index is 0.266. The summed E-state index contributed by atoms with van der Waals surface area (Å²) in [5.74, 6) is 0.934. The number of unbranched alkanes of at least 4 members (excludes halogenated alkanes) is 4. The molecule has 0 saturated heterocycles. The van der Waals surface area contributed by atoms with Crippen molar-refractivity contribution in [1.82, 2.24) is 0 Å². The second-order valence-corrected chi connectivity index (χ2v) is 4.79. The van der Waals surface area contributed by atoms with Crippen molar-refractivity contribution < 1.29 is 9.84 Å². The molecule has 0 heterocycles. The van der Waals surface area contributed by atoms with Crippen LogP contribution in [0.3, 0.4) is 0 Å². The number of hydrogen-bond donors (Lipinski definition) is 2. The first-order chi connectivity index (χ1) is 9.36. The van der Waals surface area contributed by atoms with E-state index in [2.05, 4.69) is 12.2 Å². The standard InChI is InChI=1S/C16H27NO2/c1-2-3-4-7-13-19-16-10-8-9-15(14-16)17-11-5-6-12-18/h8-10,14,17-18H,2-7,11-13H2,1H3. The van der Waals surface area contributed by atoms with Gasteiger partial charge in [-0.05, 0) is 31.4 Å². The first kappa shape index (κ1) is 15.8. The molecule has 0 spiro atoms. The monoisotopic (exact) mass is 265 g/mol. The van der Waals surface area contributed by atoms with Crippen LogP contribution in [0.15, 0.2) is 24.3 Å². The lowest BCUT2D eigenvalue weighted by atomic mass is 10.2. The van der Waals surface area contributed by atoms with Crippen LogP contribution in [-0.2, 0) is 0 Å². The van der Waals surface area contributed by atoms with E-state index in [9.17, 15) is 0 Å². The summed E-state index contributed by atoms with van der Waals surface area (Å²) in [4.78, 5) is 0. The Labute approximate surface area is 117 Å². The molecule has 0 bridgehead atoms. The first-order valence-electron chi connectivity index (χ1n) is 7.44. The van der Waals surface area contributed by atoms with E-state index in [0.29, 0.717) is 0 Å². The zero-order valence-electron chi connectivity index (χ0n) is 12.0. The van der Waals surface area contributed by atoms with Gasteiger partial charge in [0, 0.05) is 24.9 Å². The molecule has 108 valence electrons. The molecule has 3 heteroatoms. The Bertz CT molecular complexity index is 328. The number of rotatable bonds is 11. The maximum absolute atomic E-state index is 8.72. The number of nitrogens with one attached hydrogen (secondary N) is 1. The highest BCUT2D eigenvalue weighted by Gasteiger charge is 1.97. The molecular formula is C16H27NO2. The molecular weight excluding hydrogens is 238 g/mol. The van der Waals surface area contributed by atoms with Gasteiger partial charge in [-0.2, -0.15) is 0 Å². The number of benzene rings is 1. The molecule has 0 saturated carbocycles. The van der Waals surface area contributed by atoms with Gasteiger partial charge in [-0.1, -0.05) is 32.3 Å². The normalized spacial score (nSPS) is 10.4. The Morgan fingerprint density at radius 2 is 2.00 bits per heavy atom. The van der Waals surface area contributed by atoms with Gasteiger partial charge in [0.25, 0.3) is 0 Å². The van der Waals surface area contributed by atoms with Gasteiger partial charge in [0.15, 0.2) is 0 Å². The van der Waals surface area contributed by atoms with Crippen molar-refractivity contribution in [3.05, 3.63) is 24.3 Å². The Balaban J connectivity index is 2.23. The van der Waals surface area contributed by atoms with Crippen molar-refractivity contribution in [1.29, 1.82) is 0 Å². The average Bonchev–Trinajstić information content (AvgIpc) is 2.44. The van der Waals surface area contributed by atoms with Gasteiger partial charge in [0.1, 0.15) is 5.75 Å². The molecule has 1 aromatic rings. The molecule has 0 fully saturated rings. The number of ether oxygens (including phenoxy) is 1. The van der Waals surface area contributed by atoms with Crippen LogP contribution in [0.5, 0.6) is 5.75 Å². The molecule has 0 aliphatic heterocycles. The van der Waals surface area contributed by atoms with Crippen LogP contribution in [-0.4, -0.2) is 24.9 Å². The van der Waals surface area contributed by atoms with E-state index in [0.717, 1.165) is 43.9 Å². The minimum absolute atomic E-state index is 0.266. The third kappa shape index (κ3) is 7.73. The number of anilines is 1. The van der Waals surface area contributed by atoms with Crippen LogP contribution >= 0.6 is 0 Å². The summed E-state index contributed by atoms with van der Waals surface area (Å²) < 4.78 is 5.74. The van der Waals surface area contributed by atoms with Gasteiger partial charge in [-0.15, -0.1) is 0 Å². The Morgan fingerprint density at radius 1 is 1.11 bits per heavy atom. The van der Waals surface area contributed by atoms with Crippen molar-refractivity contribution in [2.45, 2.75) is 45.4 Å². The third-order valence-electron chi connectivity index (χ3n) is 3.01. The molecule has 0 aliphatic carbocycles. The van der Waals surface area contributed by atoms with Gasteiger partial charge in [0.2, 0.25) is 0 Å². The van der Waals surface area contributed by atoms with E-state index in [1.165, 1.54) is 19.3 Å². The summed E-state index contributed by atoms with van der Waals surface area (Å²) >= 11 is 0. The van der Waals surface area contributed by atoms with Crippen molar-refractivity contribution in [2.75, 3.05) is 25.1 Å². The predicted molar refractivity (Wildman–Crippen MR) is 80.9 cm³/mol. The highest BCUT2D eigenvalue weighted by Crippen LogP contribution is 2.17. The lowest BCUT2D eigenvalue weighted by molar-refractivity contribution is 0.286. The summed E-state index contributed by atoms with van der Waals surface area (Å²) in [5.41, 5.74) is 1.09. The topological polar surface area (TPSA) is 41.5 Å². The third-order valence-corrected chi connectivity index (χ3v) is 3.01. The summed E-state index contributed by atoms with van der Waals surface area (Å²) in [6, 6.07) is 8.09. The Kier molecular flexibility index (Phi) is 8.90. The minimum Gasteiger partial charge on any atom is -0.494 e. The van der Waals surface area contributed by atoms with Crippen LogP contribution in [0, 0.1) is 0 Å². The van der Waals surface area contributed by atoms with E-state index in [1.807, 2.05) is 24.3 Å². The highest BCUT2D eigenvalue weighted by molar-refractivity contribution is 5.48. The van der Waals surface area contributed by atoms with Crippen molar-refractivity contribution >= 4 is 5.69 Å². The lowest BCUT2D eigenvalue weighted by Crippen LogP contribution is -2.03. The molecule has 1 rings (SSSR count). The molecule has 0 atom stereocenters. The SMILES string of the molecule is CCCCCCOc1cccc(NCCCCO)c1. The quantitative estimate of drug-likeness (QED) is 0.597. The van der Waals surface area contributed by atoms with E-state index in [-0.39, 0.29) is 6.61 Å². The van der Waals surface area contributed by atoms with Gasteiger partial charge in [-0.3, -0.25) is 0 Å². The van der Waals surface area contributed by atoms with E-state index in [4.69, 9.17) is 9.84 Å². The fourth-order valence-electron chi connectivity index (χ4n) is 1.88. The smallest absolute Gasteiger partial charge is 0.121 e. The number of aliphatic hydroxyl groups is 1. The molecule has 0 aromatic heterocycles. The molecule has 0 radical (unpaired) electrons. The predicted octanol–water partition coefficient (Wildman–Crippen LogP) is 3.83. The second kappa shape index (κ2) is 10.7. The Morgan fingerprint density at radius 3 is 2.79 bits per heavy atom. The van der Waals surface area contributed by atoms with Crippen molar-refractivity contribution in [3.8, 4) is 5.75 Å². The molecule has 3 nitrogen and oxygen atoms in total. The molecule has 0 amide bonds. The van der Waals surface area contributed by atoms with Crippen LogP contribution in [0.2, 0.25) is 0 Å². The first-order valence-corrected chi connectivity index (χ1v) is 7.44. The zero-order valence-corrected chi connectivity index (χ0v) is 12.0. The van der Waals surface area contributed by atoms with Gasteiger partial charge >= 0.3 is 0 Å². The lowest BCUT2D eigenvalue weighted by Gasteiger charge is -2.09. The van der Waals surface area contributed by atoms with Gasteiger partial charge in [0.05, 0.1) is 6.61 Å². The molecule has 19 heavy (non-hydrogen) atoms. The summed E-state index contributed by atoms with van der Waals surface area (Å²) in [6.45, 7) is 4.17.